The standard InChI is InChI=1S/C15H19N3O2/c1-3-13-12(10-18(2)17-13)14(15(19)20)16-9-11-7-5-4-6-8-11/h4-8,10,14,16H,3,9H2,1-2H3,(H,19,20). The van der Waals surface area contributed by atoms with Crippen LogP contribution < -0.4 is 5.32 Å². The fourth-order valence-corrected chi connectivity index (χ4v) is 2.21. The van der Waals surface area contributed by atoms with E-state index in [2.05, 4.69) is 10.4 Å². The number of aliphatic carboxylic acids is 1. The maximum absolute atomic E-state index is 11.5. The van der Waals surface area contributed by atoms with Crippen LogP contribution in [0.25, 0.3) is 0 Å². The van der Waals surface area contributed by atoms with Crippen LogP contribution in [0.15, 0.2) is 36.5 Å². The van der Waals surface area contributed by atoms with Crippen molar-refractivity contribution in [3.63, 3.8) is 0 Å². The van der Waals surface area contributed by atoms with Crippen molar-refractivity contribution in [2.75, 3.05) is 0 Å². The molecule has 0 aliphatic carbocycles. The highest BCUT2D eigenvalue weighted by Gasteiger charge is 2.23. The Labute approximate surface area is 118 Å². The monoisotopic (exact) mass is 273 g/mol. The molecular formula is C15H19N3O2. The van der Waals surface area contributed by atoms with E-state index in [1.54, 1.807) is 17.9 Å². The number of aromatic nitrogens is 2. The van der Waals surface area contributed by atoms with Crippen molar-refractivity contribution >= 4 is 5.97 Å². The highest BCUT2D eigenvalue weighted by molar-refractivity contribution is 5.75. The lowest BCUT2D eigenvalue weighted by atomic mass is 10.1. The Hall–Kier alpha value is -2.14. The minimum atomic E-state index is -0.886. The molecule has 1 heterocycles. The van der Waals surface area contributed by atoms with E-state index in [0.29, 0.717) is 13.0 Å². The highest BCUT2D eigenvalue weighted by Crippen LogP contribution is 2.18. The second-order valence-corrected chi connectivity index (χ2v) is 4.70. The summed E-state index contributed by atoms with van der Waals surface area (Å²) in [5.74, 6) is -0.886. The molecule has 1 aromatic heterocycles. The number of aryl methyl sites for hydroxylation is 2. The van der Waals surface area contributed by atoms with E-state index in [4.69, 9.17) is 0 Å². The topological polar surface area (TPSA) is 67.2 Å². The minimum Gasteiger partial charge on any atom is -0.480 e. The predicted octanol–water partition coefficient (Wildman–Crippen LogP) is 1.90. The van der Waals surface area contributed by atoms with Gasteiger partial charge in [-0.25, -0.2) is 0 Å². The normalized spacial score (nSPS) is 12.3. The SMILES string of the molecule is CCc1nn(C)cc1C(NCc1ccccc1)C(=O)O. The molecule has 0 fully saturated rings. The van der Waals surface area contributed by atoms with Crippen molar-refractivity contribution in [1.82, 2.24) is 15.1 Å². The summed E-state index contributed by atoms with van der Waals surface area (Å²) in [6.45, 7) is 2.48. The van der Waals surface area contributed by atoms with E-state index >= 15 is 0 Å². The Bertz CT molecular complexity index is 578. The molecule has 0 aliphatic rings. The van der Waals surface area contributed by atoms with E-state index < -0.39 is 12.0 Å². The first-order valence-electron chi connectivity index (χ1n) is 6.64. The van der Waals surface area contributed by atoms with E-state index in [1.807, 2.05) is 37.3 Å². The Morgan fingerprint density at radius 1 is 1.40 bits per heavy atom. The third-order valence-corrected chi connectivity index (χ3v) is 3.18. The first-order valence-corrected chi connectivity index (χ1v) is 6.64. The molecule has 1 atom stereocenters. The zero-order valence-corrected chi connectivity index (χ0v) is 11.7. The number of benzene rings is 1. The zero-order chi connectivity index (χ0) is 14.5. The molecular weight excluding hydrogens is 254 g/mol. The van der Waals surface area contributed by atoms with Gasteiger partial charge >= 0.3 is 5.97 Å². The average molecular weight is 273 g/mol. The first-order chi connectivity index (χ1) is 9.61. The molecule has 0 amide bonds. The Balaban J connectivity index is 2.17. The molecule has 1 unspecified atom stereocenters. The van der Waals surface area contributed by atoms with E-state index in [0.717, 1.165) is 16.8 Å². The molecule has 0 aliphatic heterocycles. The van der Waals surface area contributed by atoms with Gasteiger partial charge in [-0.15, -0.1) is 0 Å². The lowest BCUT2D eigenvalue weighted by Gasteiger charge is -2.14. The molecule has 0 bridgehead atoms. The summed E-state index contributed by atoms with van der Waals surface area (Å²) >= 11 is 0. The summed E-state index contributed by atoms with van der Waals surface area (Å²) in [5.41, 5.74) is 2.61. The van der Waals surface area contributed by atoms with Crippen LogP contribution in [-0.4, -0.2) is 20.9 Å². The summed E-state index contributed by atoms with van der Waals surface area (Å²) in [4.78, 5) is 11.5. The molecule has 0 spiro atoms. The fourth-order valence-electron chi connectivity index (χ4n) is 2.21. The quantitative estimate of drug-likeness (QED) is 0.843. The lowest BCUT2D eigenvalue weighted by Crippen LogP contribution is -2.28. The van der Waals surface area contributed by atoms with Gasteiger partial charge < -0.3 is 5.11 Å². The van der Waals surface area contributed by atoms with Gasteiger partial charge in [-0.2, -0.15) is 5.10 Å². The van der Waals surface area contributed by atoms with Gasteiger partial charge in [-0.05, 0) is 12.0 Å². The van der Waals surface area contributed by atoms with Crippen molar-refractivity contribution in [2.45, 2.75) is 25.9 Å². The van der Waals surface area contributed by atoms with Gasteiger partial charge in [0.2, 0.25) is 0 Å². The van der Waals surface area contributed by atoms with Gasteiger partial charge in [0.15, 0.2) is 0 Å². The van der Waals surface area contributed by atoms with Gasteiger partial charge in [0.05, 0.1) is 5.69 Å². The van der Waals surface area contributed by atoms with Gasteiger partial charge in [0, 0.05) is 25.4 Å². The van der Waals surface area contributed by atoms with Crippen molar-refractivity contribution in [3.05, 3.63) is 53.3 Å². The maximum Gasteiger partial charge on any atom is 0.325 e. The lowest BCUT2D eigenvalue weighted by molar-refractivity contribution is -0.139. The molecule has 106 valence electrons. The zero-order valence-electron chi connectivity index (χ0n) is 11.7. The molecule has 0 saturated heterocycles. The molecule has 1 aromatic carbocycles. The average Bonchev–Trinajstić information content (AvgIpc) is 2.81. The second kappa shape index (κ2) is 6.34. The number of carboxylic acid groups (broad SMARTS) is 1. The van der Waals surface area contributed by atoms with Crippen LogP contribution in [0.3, 0.4) is 0 Å². The maximum atomic E-state index is 11.5. The van der Waals surface area contributed by atoms with Crippen LogP contribution in [0, 0.1) is 0 Å². The second-order valence-electron chi connectivity index (χ2n) is 4.70. The van der Waals surface area contributed by atoms with Crippen molar-refractivity contribution < 1.29 is 9.90 Å². The van der Waals surface area contributed by atoms with Gasteiger partial charge in [-0.3, -0.25) is 14.8 Å². The predicted molar refractivity (Wildman–Crippen MR) is 76.2 cm³/mol. The molecule has 2 rings (SSSR count). The van der Waals surface area contributed by atoms with Crippen LogP contribution in [0.2, 0.25) is 0 Å². The molecule has 2 aromatic rings. The number of hydrogen-bond donors (Lipinski definition) is 2. The molecule has 5 nitrogen and oxygen atoms in total. The van der Waals surface area contributed by atoms with Gasteiger partial charge in [0.1, 0.15) is 6.04 Å². The summed E-state index contributed by atoms with van der Waals surface area (Å²) in [5, 5.41) is 16.8. The van der Waals surface area contributed by atoms with Crippen LogP contribution in [0.4, 0.5) is 0 Å². The van der Waals surface area contributed by atoms with Crippen molar-refractivity contribution in [1.29, 1.82) is 0 Å². The number of nitrogens with one attached hydrogen (secondary N) is 1. The summed E-state index contributed by atoms with van der Waals surface area (Å²) < 4.78 is 1.66. The van der Waals surface area contributed by atoms with Gasteiger partial charge in [-0.1, -0.05) is 37.3 Å². The summed E-state index contributed by atoms with van der Waals surface area (Å²) in [6.07, 6.45) is 2.49. The summed E-state index contributed by atoms with van der Waals surface area (Å²) in [7, 11) is 1.80. The first kappa shape index (κ1) is 14.3. The third-order valence-electron chi connectivity index (χ3n) is 3.18. The largest absolute Gasteiger partial charge is 0.480 e. The number of rotatable bonds is 6. The van der Waals surface area contributed by atoms with E-state index in [-0.39, 0.29) is 0 Å². The van der Waals surface area contributed by atoms with E-state index in [9.17, 15) is 9.90 Å². The molecule has 2 N–H and O–H groups in total. The van der Waals surface area contributed by atoms with Crippen LogP contribution in [-0.2, 0) is 24.8 Å². The third kappa shape index (κ3) is 3.24. The Morgan fingerprint density at radius 2 is 2.10 bits per heavy atom. The smallest absolute Gasteiger partial charge is 0.325 e. The minimum absolute atomic E-state index is 0.510. The highest BCUT2D eigenvalue weighted by atomic mass is 16.4. The molecule has 20 heavy (non-hydrogen) atoms. The van der Waals surface area contributed by atoms with Crippen LogP contribution >= 0.6 is 0 Å². The summed E-state index contributed by atoms with van der Waals surface area (Å²) in [6, 6.07) is 9.02. The van der Waals surface area contributed by atoms with Crippen molar-refractivity contribution in [2.24, 2.45) is 7.05 Å². The fraction of sp³-hybridized carbons (Fsp3) is 0.333. The van der Waals surface area contributed by atoms with Gasteiger partial charge in [0.25, 0.3) is 0 Å². The molecule has 0 saturated carbocycles. The van der Waals surface area contributed by atoms with Crippen LogP contribution in [0.5, 0.6) is 0 Å². The number of carboxylic acids is 1. The van der Waals surface area contributed by atoms with Crippen molar-refractivity contribution in [3.8, 4) is 0 Å². The molecule has 5 heteroatoms. The van der Waals surface area contributed by atoms with Crippen LogP contribution in [0.1, 0.15) is 29.8 Å². The van der Waals surface area contributed by atoms with E-state index in [1.165, 1.54) is 0 Å². The Kier molecular flexibility index (Phi) is 4.53. The number of hydrogen-bond acceptors (Lipinski definition) is 3. The number of nitrogens with zero attached hydrogens (tertiary/aromatic N) is 2. The molecule has 0 radical (unpaired) electrons. The Morgan fingerprint density at radius 3 is 2.70 bits per heavy atom. The number of carbonyl (C=O) groups is 1.